The van der Waals surface area contributed by atoms with Crippen LogP contribution in [0.4, 0.5) is 5.69 Å². The second-order valence-electron chi connectivity index (χ2n) is 4.89. The van der Waals surface area contributed by atoms with Crippen LogP contribution in [0.15, 0.2) is 24.3 Å². The topological polar surface area (TPSA) is 41.1 Å². The van der Waals surface area contributed by atoms with Gasteiger partial charge in [0.15, 0.2) is 0 Å². The van der Waals surface area contributed by atoms with Crippen molar-refractivity contribution in [2.24, 2.45) is 5.92 Å². The molecule has 1 aromatic carbocycles. The Kier molecular flexibility index (Phi) is 2.13. The Bertz CT molecular complexity index is 405. The lowest BCUT2D eigenvalue weighted by molar-refractivity contribution is -0.121. The van der Waals surface area contributed by atoms with E-state index in [4.69, 9.17) is 0 Å². The van der Waals surface area contributed by atoms with Crippen LogP contribution in [0, 0.1) is 5.92 Å². The van der Waals surface area contributed by atoms with Gasteiger partial charge in [0.25, 0.3) is 0 Å². The molecule has 3 nitrogen and oxygen atoms in total. The maximum atomic E-state index is 11.9. The number of rotatable bonds is 2. The van der Waals surface area contributed by atoms with Crippen molar-refractivity contribution in [3.8, 4) is 0 Å². The van der Waals surface area contributed by atoms with Gasteiger partial charge in [0.05, 0.1) is 0 Å². The molecule has 2 aliphatic rings. The molecule has 1 saturated carbocycles. The zero-order chi connectivity index (χ0) is 11.1. The molecule has 1 fully saturated rings. The maximum Gasteiger partial charge on any atom is 0.243 e. The van der Waals surface area contributed by atoms with Crippen LogP contribution in [-0.4, -0.2) is 18.0 Å². The van der Waals surface area contributed by atoms with E-state index in [9.17, 15) is 4.79 Å². The molecule has 1 aromatic rings. The third-order valence-corrected chi connectivity index (χ3v) is 3.52. The molecule has 1 aliphatic heterocycles. The van der Waals surface area contributed by atoms with E-state index in [-0.39, 0.29) is 11.9 Å². The zero-order valence-electron chi connectivity index (χ0n) is 9.36. The van der Waals surface area contributed by atoms with Gasteiger partial charge in [0.1, 0.15) is 6.04 Å². The average molecular weight is 216 g/mol. The summed E-state index contributed by atoms with van der Waals surface area (Å²) >= 11 is 0. The van der Waals surface area contributed by atoms with Gasteiger partial charge in [-0.1, -0.05) is 25.1 Å². The van der Waals surface area contributed by atoms with Crippen LogP contribution in [0.25, 0.3) is 0 Å². The Morgan fingerprint density at radius 3 is 2.88 bits per heavy atom. The third-order valence-electron chi connectivity index (χ3n) is 3.52. The highest BCUT2D eigenvalue weighted by Gasteiger charge is 2.36. The maximum absolute atomic E-state index is 11.9. The number of fused-ring (bicyclic) bond motifs is 1. The summed E-state index contributed by atoms with van der Waals surface area (Å²) in [5.41, 5.74) is 2.35. The van der Waals surface area contributed by atoms with Crippen molar-refractivity contribution in [3.63, 3.8) is 0 Å². The molecule has 84 valence electrons. The van der Waals surface area contributed by atoms with Gasteiger partial charge in [-0.15, -0.1) is 0 Å². The minimum Gasteiger partial charge on any atom is -0.373 e. The number of carbonyl (C=O) groups excluding carboxylic acids is 1. The lowest BCUT2D eigenvalue weighted by Gasteiger charge is -2.11. The van der Waals surface area contributed by atoms with E-state index in [1.54, 1.807) is 0 Å². The number of hydrogen-bond donors (Lipinski definition) is 2. The molecular weight excluding hydrogens is 200 g/mol. The minimum absolute atomic E-state index is 0.0785. The molecule has 1 amide bonds. The Balaban J connectivity index is 1.64. The predicted molar refractivity (Wildman–Crippen MR) is 63.3 cm³/mol. The van der Waals surface area contributed by atoms with E-state index in [0.29, 0.717) is 12.0 Å². The fourth-order valence-corrected chi connectivity index (χ4v) is 2.26. The van der Waals surface area contributed by atoms with Gasteiger partial charge in [-0.25, -0.2) is 0 Å². The highest BCUT2D eigenvalue weighted by Crippen LogP contribution is 2.30. The van der Waals surface area contributed by atoms with Gasteiger partial charge in [0, 0.05) is 18.2 Å². The summed E-state index contributed by atoms with van der Waals surface area (Å²) in [6, 6.07) is 8.46. The Morgan fingerprint density at radius 2 is 2.19 bits per heavy atom. The van der Waals surface area contributed by atoms with Crippen molar-refractivity contribution in [3.05, 3.63) is 29.8 Å². The van der Waals surface area contributed by atoms with E-state index >= 15 is 0 Å². The predicted octanol–water partition coefficient (Wildman–Crippen LogP) is 1.55. The summed E-state index contributed by atoms with van der Waals surface area (Å²) in [6.45, 7) is 2.17. The average Bonchev–Trinajstić information content (AvgIpc) is 2.82. The number of carbonyl (C=O) groups is 1. The van der Waals surface area contributed by atoms with Crippen LogP contribution in [0.5, 0.6) is 0 Å². The van der Waals surface area contributed by atoms with Crippen LogP contribution < -0.4 is 10.6 Å². The van der Waals surface area contributed by atoms with Gasteiger partial charge in [-0.2, -0.15) is 0 Å². The molecule has 0 aromatic heterocycles. The van der Waals surface area contributed by atoms with E-state index in [1.807, 2.05) is 18.2 Å². The van der Waals surface area contributed by atoms with Crippen molar-refractivity contribution in [2.45, 2.75) is 31.8 Å². The monoisotopic (exact) mass is 216 g/mol. The van der Waals surface area contributed by atoms with E-state index in [1.165, 1.54) is 5.56 Å². The quantitative estimate of drug-likeness (QED) is 0.787. The smallest absolute Gasteiger partial charge is 0.243 e. The first-order chi connectivity index (χ1) is 7.74. The minimum atomic E-state index is -0.0785. The van der Waals surface area contributed by atoms with Gasteiger partial charge in [-0.05, 0) is 24.0 Å². The number of nitrogens with one attached hydrogen (secondary N) is 2. The Labute approximate surface area is 95.2 Å². The van der Waals surface area contributed by atoms with E-state index in [0.717, 1.165) is 18.5 Å². The molecule has 1 heterocycles. The van der Waals surface area contributed by atoms with Crippen LogP contribution in [0.2, 0.25) is 0 Å². The summed E-state index contributed by atoms with van der Waals surface area (Å²) in [6.07, 6.45) is 1.94. The molecule has 0 bridgehead atoms. The van der Waals surface area contributed by atoms with Gasteiger partial charge < -0.3 is 10.6 Å². The summed E-state index contributed by atoms with van der Waals surface area (Å²) in [7, 11) is 0. The van der Waals surface area contributed by atoms with Crippen molar-refractivity contribution in [1.82, 2.24) is 5.32 Å². The van der Waals surface area contributed by atoms with E-state index in [2.05, 4.69) is 23.6 Å². The Hall–Kier alpha value is -1.51. The van der Waals surface area contributed by atoms with Gasteiger partial charge in [-0.3, -0.25) is 4.79 Å². The number of amides is 1. The molecule has 16 heavy (non-hydrogen) atoms. The molecule has 3 rings (SSSR count). The molecule has 2 N–H and O–H groups in total. The molecule has 0 radical (unpaired) electrons. The molecular formula is C13H16N2O. The molecule has 2 unspecified atom stereocenters. The van der Waals surface area contributed by atoms with Crippen molar-refractivity contribution < 1.29 is 4.79 Å². The van der Waals surface area contributed by atoms with Crippen molar-refractivity contribution in [2.75, 3.05) is 5.32 Å². The third kappa shape index (κ3) is 1.66. The van der Waals surface area contributed by atoms with Crippen LogP contribution in [0.3, 0.4) is 0 Å². The fourth-order valence-electron chi connectivity index (χ4n) is 2.26. The summed E-state index contributed by atoms with van der Waals surface area (Å²) in [5.74, 6) is 0.804. The normalized spacial score (nSPS) is 30.4. The molecule has 0 spiro atoms. The Morgan fingerprint density at radius 1 is 1.44 bits per heavy atom. The van der Waals surface area contributed by atoms with Crippen LogP contribution in [0.1, 0.15) is 18.9 Å². The van der Waals surface area contributed by atoms with Crippen molar-refractivity contribution >= 4 is 11.6 Å². The second-order valence-corrected chi connectivity index (χ2v) is 4.89. The first kappa shape index (κ1) is 9.70. The zero-order valence-corrected chi connectivity index (χ0v) is 9.36. The summed E-state index contributed by atoms with van der Waals surface area (Å²) < 4.78 is 0. The largest absolute Gasteiger partial charge is 0.373 e. The number of para-hydroxylation sites is 1. The van der Waals surface area contributed by atoms with Crippen LogP contribution in [-0.2, 0) is 11.2 Å². The fraction of sp³-hybridized carbons (Fsp3) is 0.462. The lowest BCUT2D eigenvalue weighted by atomic mass is 10.1. The summed E-state index contributed by atoms with van der Waals surface area (Å²) in [5, 5.41) is 6.35. The summed E-state index contributed by atoms with van der Waals surface area (Å²) in [4.78, 5) is 11.9. The molecule has 0 saturated heterocycles. The molecule has 3 heteroatoms. The highest BCUT2D eigenvalue weighted by molar-refractivity contribution is 5.87. The number of hydrogen-bond acceptors (Lipinski definition) is 2. The number of benzene rings is 1. The molecule has 1 aliphatic carbocycles. The first-order valence-corrected chi connectivity index (χ1v) is 5.89. The van der Waals surface area contributed by atoms with Crippen LogP contribution >= 0.6 is 0 Å². The van der Waals surface area contributed by atoms with E-state index < -0.39 is 0 Å². The lowest BCUT2D eigenvalue weighted by Crippen LogP contribution is -2.39. The van der Waals surface area contributed by atoms with Crippen molar-refractivity contribution in [1.29, 1.82) is 0 Å². The number of anilines is 1. The molecule has 3 atom stereocenters. The SMILES string of the molecule is CC1CC1NC(=O)[C@@H]1Cc2ccccc2N1. The second kappa shape index (κ2) is 3.51. The van der Waals surface area contributed by atoms with Gasteiger partial charge in [0.2, 0.25) is 5.91 Å². The standard InChI is InChI=1S/C13H16N2O/c1-8-6-11(8)15-13(16)12-7-9-4-2-3-5-10(9)14-12/h2-5,8,11-12,14H,6-7H2,1H3,(H,15,16)/t8?,11?,12-/m0/s1. The van der Waals surface area contributed by atoms with Gasteiger partial charge >= 0.3 is 0 Å². The first-order valence-electron chi connectivity index (χ1n) is 5.89. The highest BCUT2D eigenvalue weighted by atomic mass is 16.2.